The summed E-state index contributed by atoms with van der Waals surface area (Å²) in [6.45, 7) is 2.91. The molecular formula is C45H88O4. The first-order valence-corrected chi connectivity index (χ1v) is 22.5. The molecule has 0 aliphatic heterocycles. The van der Waals surface area contributed by atoms with Crippen molar-refractivity contribution in [3.63, 3.8) is 0 Å². The summed E-state index contributed by atoms with van der Waals surface area (Å²) in [6.07, 6.45) is 52.9. The lowest BCUT2D eigenvalue weighted by Crippen LogP contribution is -2.05. The summed E-state index contributed by atoms with van der Waals surface area (Å²) in [5.41, 5.74) is 0. The molecule has 0 saturated heterocycles. The van der Waals surface area contributed by atoms with Crippen LogP contribution >= 0.6 is 0 Å². The van der Waals surface area contributed by atoms with Crippen molar-refractivity contribution in [1.29, 1.82) is 0 Å². The summed E-state index contributed by atoms with van der Waals surface area (Å²) in [6, 6.07) is 0. The van der Waals surface area contributed by atoms with E-state index in [2.05, 4.69) is 6.92 Å². The molecule has 0 radical (unpaired) electrons. The Balaban J connectivity index is 3.14. The third-order valence-electron chi connectivity index (χ3n) is 10.5. The van der Waals surface area contributed by atoms with Crippen molar-refractivity contribution < 1.29 is 19.4 Å². The van der Waals surface area contributed by atoms with Gasteiger partial charge in [-0.15, -0.1) is 0 Å². The van der Waals surface area contributed by atoms with Crippen LogP contribution in [0.15, 0.2) is 0 Å². The molecule has 0 rings (SSSR count). The Morgan fingerprint density at radius 1 is 0.327 bits per heavy atom. The SMILES string of the molecule is CCCCCCCCCCCCCCCCCOC(=O)CCCCCCCCCCCCCCCCCCCCCCCCCCC(=O)O. The molecule has 0 aromatic heterocycles. The molecule has 4 nitrogen and oxygen atoms in total. The molecule has 0 amide bonds. The van der Waals surface area contributed by atoms with Crippen LogP contribution in [-0.4, -0.2) is 23.7 Å². The molecule has 1 N–H and O–H groups in total. The highest BCUT2D eigenvalue weighted by molar-refractivity contribution is 5.69. The maximum atomic E-state index is 12.0. The molecule has 0 saturated carbocycles. The Morgan fingerprint density at radius 2 is 0.551 bits per heavy atom. The van der Waals surface area contributed by atoms with Crippen LogP contribution in [-0.2, 0) is 14.3 Å². The quantitative estimate of drug-likeness (QED) is 0.0510. The van der Waals surface area contributed by atoms with Crippen LogP contribution in [0.25, 0.3) is 0 Å². The van der Waals surface area contributed by atoms with Crippen molar-refractivity contribution in [3.05, 3.63) is 0 Å². The van der Waals surface area contributed by atoms with E-state index >= 15 is 0 Å². The van der Waals surface area contributed by atoms with Gasteiger partial charge in [-0.2, -0.15) is 0 Å². The summed E-state index contributed by atoms with van der Waals surface area (Å²) in [5.74, 6) is -0.634. The van der Waals surface area contributed by atoms with Crippen LogP contribution in [0.3, 0.4) is 0 Å². The maximum absolute atomic E-state index is 12.0. The average molecular weight is 693 g/mol. The smallest absolute Gasteiger partial charge is 0.305 e. The van der Waals surface area contributed by atoms with Gasteiger partial charge in [-0.3, -0.25) is 9.59 Å². The van der Waals surface area contributed by atoms with E-state index in [1.807, 2.05) is 0 Å². The summed E-state index contributed by atoms with van der Waals surface area (Å²) >= 11 is 0. The first-order valence-electron chi connectivity index (χ1n) is 22.5. The normalized spacial score (nSPS) is 11.4. The Kier molecular flexibility index (Phi) is 42.2. The molecule has 0 unspecified atom stereocenters. The number of carboxylic acids is 1. The molecule has 0 atom stereocenters. The number of aliphatic carboxylic acids is 1. The zero-order valence-electron chi connectivity index (χ0n) is 33.4. The molecule has 0 aliphatic rings. The molecular weight excluding hydrogens is 604 g/mol. The first kappa shape index (κ1) is 47.9. The lowest BCUT2D eigenvalue weighted by molar-refractivity contribution is -0.144. The van der Waals surface area contributed by atoms with Crippen molar-refractivity contribution in [1.82, 2.24) is 0 Å². The van der Waals surface area contributed by atoms with Crippen molar-refractivity contribution in [2.75, 3.05) is 6.61 Å². The zero-order chi connectivity index (χ0) is 35.6. The third-order valence-corrected chi connectivity index (χ3v) is 10.5. The monoisotopic (exact) mass is 693 g/mol. The fraction of sp³-hybridized carbons (Fsp3) is 0.956. The topological polar surface area (TPSA) is 63.6 Å². The van der Waals surface area contributed by atoms with E-state index < -0.39 is 5.97 Å². The Labute approximate surface area is 307 Å². The zero-order valence-corrected chi connectivity index (χ0v) is 33.4. The number of esters is 1. The van der Waals surface area contributed by atoms with Gasteiger partial charge >= 0.3 is 11.9 Å². The highest BCUT2D eigenvalue weighted by Gasteiger charge is 2.03. The van der Waals surface area contributed by atoms with Gasteiger partial charge in [0, 0.05) is 12.8 Å². The van der Waals surface area contributed by atoms with Crippen molar-refractivity contribution in [2.24, 2.45) is 0 Å². The number of rotatable bonds is 43. The van der Waals surface area contributed by atoms with Gasteiger partial charge in [0.05, 0.1) is 6.61 Å². The number of carboxylic acid groups (broad SMARTS) is 1. The Bertz CT molecular complexity index is 648. The number of unbranched alkanes of at least 4 members (excludes halogenated alkanes) is 37. The van der Waals surface area contributed by atoms with Gasteiger partial charge in [-0.05, 0) is 19.3 Å². The van der Waals surface area contributed by atoms with E-state index in [0.29, 0.717) is 19.4 Å². The minimum atomic E-state index is -0.655. The summed E-state index contributed by atoms with van der Waals surface area (Å²) < 4.78 is 5.46. The van der Waals surface area contributed by atoms with Crippen molar-refractivity contribution >= 4 is 11.9 Å². The molecule has 4 heteroatoms. The molecule has 0 heterocycles. The summed E-state index contributed by atoms with van der Waals surface area (Å²) in [7, 11) is 0. The number of hydrogen-bond acceptors (Lipinski definition) is 3. The Hall–Kier alpha value is -1.06. The van der Waals surface area contributed by atoms with Crippen LogP contribution in [0.4, 0.5) is 0 Å². The minimum Gasteiger partial charge on any atom is -0.481 e. The fourth-order valence-electron chi connectivity index (χ4n) is 7.17. The predicted octanol–water partition coefficient (Wildman–Crippen LogP) is 15.6. The van der Waals surface area contributed by atoms with Gasteiger partial charge < -0.3 is 9.84 Å². The molecule has 49 heavy (non-hydrogen) atoms. The van der Waals surface area contributed by atoms with Gasteiger partial charge in [-0.25, -0.2) is 0 Å². The van der Waals surface area contributed by atoms with Crippen molar-refractivity contribution in [2.45, 2.75) is 270 Å². The second-order valence-electron chi connectivity index (χ2n) is 15.5. The number of hydrogen-bond donors (Lipinski definition) is 1. The van der Waals surface area contributed by atoms with E-state index in [4.69, 9.17) is 9.84 Å². The second-order valence-corrected chi connectivity index (χ2v) is 15.5. The van der Waals surface area contributed by atoms with Crippen LogP contribution < -0.4 is 0 Å². The average Bonchev–Trinajstić information content (AvgIpc) is 3.09. The van der Waals surface area contributed by atoms with Crippen molar-refractivity contribution in [3.8, 4) is 0 Å². The second kappa shape index (κ2) is 43.1. The van der Waals surface area contributed by atoms with Gasteiger partial charge in [-0.1, -0.05) is 238 Å². The van der Waals surface area contributed by atoms with E-state index in [9.17, 15) is 9.59 Å². The van der Waals surface area contributed by atoms with Crippen LogP contribution in [0, 0.1) is 0 Å². The predicted molar refractivity (Wildman–Crippen MR) is 214 cm³/mol. The molecule has 0 fully saturated rings. The fourth-order valence-corrected chi connectivity index (χ4v) is 7.17. The third kappa shape index (κ3) is 44.9. The summed E-state index contributed by atoms with van der Waals surface area (Å²) in [5, 5.41) is 8.65. The van der Waals surface area contributed by atoms with E-state index in [1.54, 1.807) is 0 Å². The maximum Gasteiger partial charge on any atom is 0.305 e. The van der Waals surface area contributed by atoms with Crippen LogP contribution in [0.5, 0.6) is 0 Å². The molecule has 0 aromatic rings. The summed E-state index contributed by atoms with van der Waals surface area (Å²) in [4.78, 5) is 22.5. The van der Waals surface area contributed by atoms with E-state index in [-0.39, 0.29) is 5.97 Å². The molecule has 292 valence electrons. The molecule has 0 bridgehead atoms. The van der Waals surface area contributed by atoms with E-state index in [0.717, 1.165) is 25.7 Å². The molecule has 0 aromatic carbocycles. The first-order chi connectivity index (χ1) is 24.2. The minimum absolute atomic E-state index is 0.0208. The number of carbonyl (C=O) groups is 2. The number of carbonyl (C=O) groups excluding carboxylic acids is 1. The lowest BCUT2D eigenvalue weighted by Gasteiger charge is -2.06. The van der Waals surface area contributed by atoms with Gasteiger partial charge in [0.1, 0.15) is 0 Å². The Morgan fingerprint density at radius 3 is 0.816 bits per heavy atom. The standard InChI is InChI=1S/C45H88O4/c1-2-3-4-5-6-7-8-9-22-25-28-31-34-37-40-43-49-45(48)42-39-36-33-30-27-24-21-19-17-15-13-11-10-12-14-16-18-20-23-26-29-32-35-38-41-44(46)47/h2-43H2,1H3,(H,46,47). The van der Waals surface area contributed by atoms with E-state index in [1.165, 1.54) is 225 Å². The molecule has 0 spiro atoms. The molecule has 0 aliphatic carbocycles. The van der Waals surface area contributed by atoms with Gasteiger partial charge in [0.2, 0.25) is 0 Å². The highest BCUT2D eigenvalue weighted by Crippen LogP contribution is 2.17. The van der Waals surface area contributed by atoms with Crippen LogP contribution in [0.1, 0.15) is 270 Å². The highest BCUT2D eigenvalue weighted by atomic mass is 16.5. The largest absolute Gasteiger partial charge is 0.481 e. The van der Waals surface area contributed by atoms with Gasteiger partial charge in [0.15, 0.2) is 0 Å². The lowest BCUT2D eigenvalue weighted by atomic mass is 10.0. The number of ether oxygens (including phenoxy) is 1. The van der Waals surface area contributed by atoms with Crippen LogP contribution in [0.2, 0.25) is 0 Å². The van der Waals surface area contributed by atoms with Gasteiger partial charge in [0.25, 0.3) is 0 Å².